The first-order chi connectivity index (χ1) is 9.32. The Balaban J connectivity index is 2.77. The third-order valence-corrected chi connectivity index (χ3v) is 2.62. The summed E-state index contributed by atoms with van der Waals surface area (Å²) in [6.07, 6.45) is 0. The van der Waals surface area contributed by atoms with Gasteiger partial charge in [0.25, 0.3) is 5.69 Å². The van der Waals surface area contributed by atoms with E-state index in [1.54, 1.807) is 6.07 Å². The van der Waals surface area contributed by atoms with Gasteiger partial charge in [-0.25, -0.2) is 0 Å². The summed E-state index contributed by atoms with van der Waals surface area (Å²) in [5.41, 5.74) is 0.171. The molecule has 20 heavy (non-hydrogen) atoms. The lowest BCUT2D eigenvalue weighted by Gasteiger charge is -2.19. The van der Waals surface area contributed by atoms with Gasteiger partial charge in [-0.1, -0.05) is 12.1 Å². The summed E-state index contributed by atoms with van der Waals surface area (Å²) < 4.78 is 0. The van der Waals surface area contributed by atoms with E-state index in [-0.39, 0.29) is 17.9 Å². The van der Waals surface area contributed by atoms with Crippen LogP contribution >= 0.6 is 0 Å². The molecule has 1 amide bonds. The second kappa shape index (κ2) is 6.50. The Kier molecular flexibility index (Phi) is 5.01. The fourth-order valence-corrected chi connectivity index (χ4v) is 1.59. The zero-order valence-corrected chi connectivity index (χ0v) is 11.1. The molecule has 0 spiro atoms. The number of nitrogens with zero attached hydrogens (tertiary/aromatic N) is 2. The SMILES string of the molecule is C[C@H](NC(=O)CN(C)c1ccccc1[N+](=O)[O-])C(=O)O. The lowest BCUT2D eigenvalue weighted by molar-refractivity contribution is -0.384. The third kappa shape index (κ3) is 3.94. The lowest BCUT2D eigenvalue weighted by atomic mass is 10.2. The van der Waals surface area contributed by atoms with E-state index in [0.29, 0.717) is 0 Å². The first kappa shape index (κ1) is 15.4. The quantitative estimate of drug-likeness (QED) is 0.583. The van der Waals surface area contributed by atoms with Gasteiger partial charge in [-0.15, -0.1) is 0 Å². The zero-order chi connectivity index (χ0) is 15.3. The first-order valence-electron chi connectivity index (χ1n) is 5.79. The molecule has 0 saturated carbocycles. The Morgan fingerprint density at radius 1 is 1.45 bits per heavy atom. The molecule has 0 aliphatic heterocycles. The number of hydrogen-bond acceptors (Lipinski definition) is 5. The highest BCUT2D eigenvalue weighted by atomic mass is 16.6. The van der Waals surface area contributed by atoms with E-state index in [9.17, 15) is 19.7 Å². The second-order valence-corrected chi connectivity index (χ2v) is 4.23. The van der Waals surface area contributed by atoms with Gasteiger partial charge in [-0.2, -0.15) is 0 Å². The number of carbonyl (C=O) groups is 2. The van der Waals surface area contributed by atoms with Gasteiger partial charge in [0, 0.05) is 13.1 Å². The molecule has 0 bridgehead atoms. The van der Waals surface area contributed by atoms with E-state index >= 15 is 0 Å². The standard InChI is InChI=1S/C12H15N3O5/c1-8(12(17)18)13-11(16)7-14(2)9-5-3-4-6-10(9)15(19)20/h3-6,8H,7H2,1-2H3,(H,13,16)(H,17,18)/t8-/m0/s1. The van der Waals surface area contributed by atoms with Crippen molar-refractivity contribution >= 4 is 23.3 Å². The number of nitro benzene ring substituents is 1. The zero-order valence-electron chi connectivity index (χ0n) is 11.1. The molecule has 0 fully saturated rings. The molecule has 1 aromatic carbocycles. The highest BCUT2D eigenvalue weighted by Gasteiger charge is 2.19. The van der Waals surface area contributed by atoms with Gasteiger partial charge in [0.1, 0.15) is 11.7 Å². The summed E-state index contributed by atoms with van der Waals surface area (Å²) in [6.45, 7) is 1.16. The molecule has 0 radical (unpaired) electrons. The van der Waals surface area contributed by atoms with Crippen molar-refractivity contribution < 1.29 is 19.6 Å². The molecule has 8 nitrogen and oxygen atoms in total. The maximum atomic E-state index is 11.6. The summed E-state index contributed by atoms with van der Waals surface area (Å²) in [5, 5.41) is 21.8. The van der Waals surface area contributed by atoms with Crippen molar-refractivity contribution in [2.45, 2.75) is 13.0 Å². The van der Waals surface area contributed by atoms with Crippen molar-refractivity contribution in [3.8, 4) is 0 Å². The number of carboxylic acid groups (broad SMARTS) is 1. The molecule has 8 heteroatoms. The third-order valence-electron chi connectivity index (χ3n) is 2.62. The molecule has 0 heterocycles. The number of rotatable bonds is 6. The van der Waals surface area contributed by atoms with E-state index in [1.165, 1.54) is 37.1 Å². The van der Waals surface area contributed by atoms with Crippen LogP contribution in [-0.2, 0) is 9.59 Å². The van der Waals surface area contributed by atoms with Crippen LogP contribution in [0.2, 0.25) is 0 Å². The van der Waals surface area contributed by atoms with E-state index in [4.69, 9.17) is 5.11 Å². The number of para-hydroxylation sites is 2. The van der Waals surface area contributed by atoms with Crippen LogP contribution in [-0.4, -0.2) is 41.5 Å². The number of aliphatic carboxylic acids is 1. The molecule has 0 unspecified atom stereocenters. The van der Waals surface area contributed by atoms with Gasteiger partial charge in [-0.05, 0) is 13.0 Å². The maximum Gasteiger partial charge on any atom is 0.325 e. The number of nitro groups is 1. The van der Waals surface area contributed by atoms with Crippen LogP contribution < -0.4 is 10.2 Å². The largest absolute Gasteiger partial charge is 0.480 e. The van der Waals surface area contributed by atoms with Crippen LogP contribution in [0.1, 0.15) is 6.92 Å². The van der Waals surface area contributed by atoms with Crippen LogP contribution in [0.3, 0.4) is 0 Å². The molecular formula is C12H15N3O5. The molecule has 108 valence electrons. The minimum atomic E-state index is -1.15. The topological polar surface area (TPSA) is 113 Å². The minimum Gasteiger partial charge on any atom is -0.480 e. The Hall–Kier alpha value is -2.64. The molecule has 2 N–H and O–H groups in total. The average Bonchev–Trinajstić information content (AvgIpc) is 2.38. The number of amides is 1. The Labute approximate surface area is 115 Å². The van der Waals surface area contributed by atoms with Gasteiger partial charge in [-0.3, -0.25) is 19.7 Å². The van der Waals surface area contributed by atoms with E-state index in [0.717, 1.165) is 0 Å². The minimum absolute atomic E-state index is 0.117. The summed E-state index contributed by atoms with van der Waals surface area (Å²) in [5.74, 6) is -1.67. The van der Waals surface area contributed by atoms with Crippen LogP contribution in [0.5, 0.6) is 0 Å². The summed E-state index contributed by atoms with van der Waals surface area (Å²) >= 11 is 0. The van der Waals surface area contributed by atoms with Crippen molar-refractivity contribution in [3.63, 3.8) is 0 Å². The number of likely N-dealkylation sites (N-methyl/N-ethyl adjacent to an activating group) is 1. The fraction of sp³-hybridized carbons (Fsp3) is 0.333. The van der Waals surface area contributed by atoms with Gasteiger partial charge in [0.2, 0.25) is 5.91 Å². The van der Waals surface area contributed by atoms with Crippen LogP contribution in [0.4, 0.5) is 11.4 Å². The van der Waals surface area contributed by atoms with E-state index in [2.05, 4.69) is 5.32 Å². The van der Waals surface area contributed by atoms with Crippen LogP contribution in [0.15, 0.2) is 24.3 Å². The predicted octanol–water partition coefficient (Wildman–Crippen LogP) is 0.620. The van der Waals surface area contributed by atoms with Crippen molar-refractivity contribution in [2.24, 2.45) is 0 Å². The maximum absolute atomic E-state index is 11.6. The molecular weight excluding hydrogens is 266 g/mol. The van der Waals surface area contributed by atoms with Gasteiger partial charge in [0.05, 0.1) is 11.5 Å². The number of benzene rings is 1. The molecule has 1 aromatic rings. The number of carboxylic acids is 1. The highest BCUT2D eigenvalue weighted by Crippen LogP contribution is 2.26. The van der Waals surface area contributed by atoms with Crippen molar-refractivity contribution in [1.29, 1.82) is 0 Å². The molecule has 0 aromatic heterocycles. The van der Waals surface area contributed by atoms with Gasteiger partial charge >= 0.3 is 5.97 Å². The summed E-state index contributed by atoms with van der Waals surface area (Å²) in [6, 6.07) is 5.00. The van der Waals surface area contributed by atoms with Crippen molar-refractivity contribution in [1.82, 2.24) is 5.32 Å². The van der Waals surface area contributed by atoms with Crippen molar-refractivity contribution in [3.05, 3.63) is 34.4 Å². The van der Waals surface area contributed by atoms with Crippen molar-refractivity contribution in [2.75, 3.05) is 18.5 Å². The van der Waals surface area contributed by atoms with E-state index in [1.807, 2.05) is 0 Å². The highest BCUT2D eigenvalue weighted by molar-refractivity contribution is 5.86. The normalized spacial score (nSPS) is 11.5. The lowest BCUT2D eigenvalue weighted by Crippen LogP contribution is -2.43. The Bertz CT molecular complexity index is 532. The first-order valence-corrected chi connectivity index (χ1v) is 5.79. The predicted molar refractivity (Wildman–Crippen MR) is 71.6 cm³/mol. The summed E-state index contributed by atoms with van der Waals surface area (Å²) in [4.78, 5) is 34.0. The number of hydrogen-bond donors (Lipinski definition) is 2. The fourth-order valence-electron chi connectivity index (χ4n) is 1.59. The molecule has 0 aliphatic rings. The van der Waals surface area contributed by atoms with Gasteiger partial charge in [0.15, 0.2) is 0 Å². The molecule has 1 rings (SSSR count). The number of nitrogens with one attached hydrogen (secondary N) is 1. The molecule has 0 saturated heterocycles. The van der Waals surface area contributed by atoms with E-state index < -0.39 is 22.8 Å². The number of anilines is 1. The smallest absolute Gasteiger partial charge is 0.325 e. The Morgan fingerprint density at radius 2 is 2.05 bits per heavy atom. The second-order valence-electron chi connectivity index (χ2n) is 4.23. The van der Waals surface area contributed by atoms with Crippen LogP contribution in [0.25, 0.3) is 0 Å². The molecule has 0 aliphatic carbocycles. The average molecular weight is 281 g/mol. The number of carbonyl (C=O) groups excluding carboxylic acids is 1. The Morgan fingerprint density at radius 3 is 2.60 bits per heavy atom. The molecule has 1 atom stereocenters. The van der Waals surface area contributed by atoms with Gasteiger partial charge < -0.3 is 15.3 Å². The monoisotopic (exact) mass is 281 g/mol. The summed E-state index contributed by atoms with van der Waals surface area (Å²) in [7, 11) is 1.52. The van der Waals surface area contributed by atoms with Crippen LogP contribution in [0, 0.1) is 10.1 Å².